The third kappa shape index (κ3) is 4.76. The van der Waals surface area contributed by atoms with Crippen molar-refractivity contribution in [1.29, 1.82) is 0 Å². The Kier molecular flexibility index (Phi) is 6.47. The Morgan fingerprint density at radius 3 is 2.48 bits per heavy atom. The van der Waals surface area contributed by atoms with Crippen LogP contribution in [0.5, 0.6) is 11.5 Å². The number of non-ortho nitro benzene ring substituents is 1. The van der Waals surface area contributed by atoms with Crippen molar-refractivity contribution < 1.29 is 27.6 Å². The van der Waals surface area contributed by atoms with Crippen LogP contribution in [0.3, 0.4) is 0 Å². The summed E-state index contributed by atoms with van der Waals surface area (Å²) >= 11 is 0. The summed E-state index contributed by atoms with van der Waals surface area (Å²) in [6, 6.07) is 17.8. The fourth-order valence-corrected chi connectivity index (χ4v) is 5.05. The summed E-state index contributed by atoms with van der Waals surface area (Å²) in [6.45, 7) is 2.34. The standard InChI is InChI=1S/C23H22N2O7S/c1-2-24(19-6-4-3-5-7-19)33(28,29)22-10-8-21(9-11-22)31-15-18-13-20(25(26)27)12-17-14-30-16-32-23(17)18/h3-13H,2,14-16H2,1H3. The number of anilines is 1. The summed E-state index contributed by atoms with van der Waals surface area (Å²) in [7, 11) is -3.75. The summed E-state index contributed by atoms with van der Waals surface area (Å²) in [4.78, 5) is 10.9. The van der Waals surface area contributed by atoms with E-state index in [1.807, 2.05) is 6.07 Å². The number of hydrogen-bond acceptors (Lipinski definition) is 7. The van der Waals surface area contributed by atoms with Gasteiger partial charge in [0.05, 0.1) is 22.1 Å². The van der Waals surface area contributed by atoms with Crippen LogP contribution in [0.25, 0.3) is 0 Å². The zero-order valence-corrected chi connectivity index (χ0v) is 18.7. The van der Waals surface area contributed by atoms with Crippen molar-refractivity contribution in [1.82, 2.24) is 0 Å². The fraction of sp³-hybridized carbons (Fsp3) is 0.217. The molecule has 33 heavy (non-hydrogen) atoms. The van der Waals surface area contributed by atoms with E-state index in [1.54, 1.807) is 43.3 Å². The lowest BCUT2D eigenvalue weighted by Crippen LogP contribution is -2.30. The number of ether oxygens (including phenoxy) is 3. The highest BCUT2D eigenvalue weighted by atomic mass is 32.2. The molecular weight excluding hydrogens is 448 g/mol. The van der Waals surface area contributed by atoms with Crippen molar-refractivity contribution in [2.24, 2.45) is 0 Å². The Labute approximate surface area is 191 Å². The van der Waals surface area contributed by atoms with E-state index in [4.69, 9.17) is 14.2 Å². The summed E-state index contributed by atoms with van der Waals surface area (Å²) in [6.07, 6.45) is 0. The average molecular weight is 471 g/mol. The first-order valence-corrected chi connectivity index (χ1v) is 11.7. The van der Waals surface area contributed by atoms with Crippen LogP contribution < -0.4 is 13.8 Å². The quantitative estimate of drug-likeness (QED) is 0.358. The molecule has 9 nitrogen and oxygen atoms in total. The van der Waals surface area contributed by atoms with E-state index in [0.717, 1.165) is 0 Å². The Hall–Kier alpha value is -3.63. The predicted octanol–water partition coefficient (Wildman–Crippen LogP) is 4.26. The maximum absolute atomic E-state index is 13.1. The molecule has 0 aromatic heterocycles. The van der Waals surface area contributed by atoms with Gasteiger partial charge in [0, 0.05) is 29.8 Å². The molecule has 10 heteroatoms. The average Bonchev–Trinajstić information content (AvgIpc) is 2.83. The first-order valence-electron chi connectivity index (χ1n) is 10.2. The minimum Gasteiger partial charge on any atom is -0.489 e. The largest absolute Gasteiger partial charge is 0.489 e. The van der Waals surface area contributed by atoms with Gasteiger partial charge in [-0.25, -0.2) is 8.42 Å². The minimum absolute atomic E-state index is 0.0151. The number of hydrogen-bond donors (Lipinski definition) is 0. The molecule has 3 aromatic rings. The second kappa shape index (κ2) is 9.47. The molecule has 4 rings (SSSR count). The molecule has 0 atom stereocenters. The van der Waals surface area contributed by atoms with Gasteiger partial charge in [-0.3, -0.25) is 14.4 Å². The molecule has 1 aliphatic rings. The highest BCUT2D eigenvalue weighted by molar-refractivity contribution is 7.92. The molecule has 172 valence electrons. The van der Waals surface area contributed by atoms with Crippen LogP contribution in [0.4, 0.5) is 11.4 Å². The second-order valence-electron chi connectivity index (χ2n) is 7.23. The number of sulfonamides is 1. The second-order valence-corrected chi connectivity index (χ2v) is 9.09. The molecule has 0 saturated heterocycles. The highest BCUT2D eigenvalue weighted by Gasteiger charge is 2.24. The number of para-hydroxylation sites is 1. The van der Waals surface area contributed by atoms with Gasteiger partial charge in [-0.05, 0) is 43.3 Å². The first kappa shape index (κ1) is 22.6. The van der Waals surface area contributed by atoms with Gasteiger partial charge in [0.2, 0.25) is 0 Å². The smallest absolute Gasteiger partial charge is 0.270 e. The molecule has 0 fully saturated rings. The fourth-order valence-electron chi connectivity index (χ4n) is 3.58. The molecule has 1 aliphatic heterocycles. The Bertz CT molecular complexity index is 1250. The molecule has 3 aromatic carbocycles. The molecule has 0 radical (unpaired) electrons. The van der Waals surface area contributed by atoms with Crippen LogP contribution >= 0.6 is 0 Å². The molecule has 0 spiro atoms. The number of nitro benzene ring substituents is 1. The van der Waals surface area contributed by atoms with Gasteiger partial charge in [-0.1, -0.05) is 18.2 Å². The molecule has 0 aliphatic carbocycles. The van der Waals surface area contributed by atoms with Crippen molar-refractivity contribution in [2.75, 3.05) is 17.6 Å². The number of rotatable bonds is 8. The maximum atomic E-state index is 13.1. The molecule has 1 heterocycles. The van der Waals surface area contributed by atoms with Gasteiger partial charge in [-0.2, -0.15) is 0 Å². The van der Waals surface area contributed by atoms with Crippen LogP contribution in [0.2, 0.25) is 0 Å². The number of fused-ring (bicyclic) bond motifs is 1. The molecule has 0 bridgehead atoms. The first-order chi connectivity index (χ1) is 15.9. The molecular formula is C23H22N2O7S. The normalized spacial score (nSPS) is 13.0. The van der Waals surface area contributed by atoms with E-state index >= 15 is 0 Å². The van der Waals surface area contributed by atoms with E-state index in [9.17, 15) is 18.5 Å². The summed E-state index contributed by atoms with van der Waals surface area (Å²) in [5.41, 5.74) is 1.60. The lowest BCUT2D eigenvalue weighted by molar-refractivity contribution is -0.385. The topological polar surface area (TPSA) is 108 Å². The van der Waals surface area contributed by atoms with Crippen molar-refractivity contribution in [3.05, 3.63) is 88.0 Å². The van der Waals surface area contributed by atoms with Crippen LogP contribution in [0.15, 0.2) is 71.6 Å². The SMILES string of the molecule is CCN(c1ccccc1)S(=O)(=O)c1ccc(OCc2cc([N+](=O)[O-])cc3c2OCOC3)cc1. The number of nitro groups is 1. The van der Waals surface area contributed by atoms with Crippen molar-refractivity contribution >= 4 is 21.4 Å². The van der Waals surface area contributed by atoms with E-state index in [2.05, 4.69) is 0 Å². The third-order valence-corrected chi connectivity index (χ3v) is 7.04. The van der Waals surface area contributed by atoms with Crippen molar-refractivity contribution in [3.8, 4) is 11.5 Å². The highest BCUT2D eigenvalue weighted by Crippen LogP contribution is 2.33. The predicted molar refractivity (Wildman–Crippen MR) is 121 cm³/mol. The Morgan fingerprint density at radius 1 is 1.09 bits per heavy atom. The summed E-state index contributed by atoms with van der Waals surface area (Å²) in [5.74, 6) is 0.927. The lowest BCUT2D eigenvalue weighted by atomic mass is 10.1. The molecule has 0 N–H and O–H groups in total. The zero-order chi connectivity index (χ0) is 23.4. The number of benzene rings is 3. The van der Waals surface area contributed by atoms with Crippen molar-refractivity contribution in [3.63, 3.8) is 0 Å². The van der Waals surface area contributed by atoms with E-state index < -0.39 is 14.9 Å². The lowest BCUT2D eigenvalue weighted by Gasteiger charge is -2.23. The van der Waals surface area contributed by atoms with Gasteiger partial charge in [-0.15, -0.1) is 0 Å². The maximum Gasteiger partial charge on any atom is 0.270 e. The zero-order valence-electron chi connectivity index (χ0n) is 17.8. The molecule has 0 unspecified atom stereocenters. The van der Waals surface area contributed by atoms with Crippen molar-refractivity contribution in [2.45, 2.75) is 25.0 Å². The third-order valence-electron chi connectivity index (χ3n) is 5.12. The molecule has 0 amide bonds. The van der Waals surface area contributed by atoms with Crippen LogP contribution in [-0.2, 0) is 28.0 Å². The monoisotopic (exact) mass is 470 g/mol. The number of nitrogens with zero attached hydrogens (tertiary/aromatic N) is 2. The van der Waals surface area contributed by atoms with Gasteiger partial charge in [0.1, 0.15) is 18.1 Å². The Morgan fingerprint density at radius 2 is 1.82 bits per heavy atom. The Balaban J connectivity index is 1.53. The molecule has 0 saturated carbocycles. The van der Waals surface area contributed by atoms with E-state index in [0.29, 0.717) is 28.3 Å². The van der Waals surface area contributed by atoms with Crippen LogP contribution in [-0.4, -0.2) is 26.7 Å². The van der Waals surface area contributed by atoms with Gasteiger partial charge >= 0.3 is 0 Å². The minimum atomic E-state index is -3.75. The summed E-state index contributed by atoms with van der Waals surface area (Å²) < 4.78 is 44.0. The van der Waals surface area contributed by atoms with Gasteiger partial charge < -0.3 is 14.2 Å². The summed E-state index contributed by atoms with van der Waals surface area (Å²) in [5, 5.41) is 11.2. The van der Waals surface area contributed by atoms with E-state index in [1.165, 1.54) is 28.6 Å². The van der Waals surface area contributed by atoms with E-state index in [-0.39, 0.29) is 37.1 Å². The van der Waals surface area contributed by atoms with Crippen LogP contribution in [0, 0.1) is 10.1 Å². The van der Waals surface area contributed by atoms with Gasteiger partial charge in [0.25, 0.3) is 15.7 Å². The van der Waals surface area contributed by atoms with Crippen LogP contribution in [0.1, 0.15) is 18.1 Å². The van der Waals surface area contributed by atoms with Gasteiger partial charge in [0.15, 0.2) is 6.79 Å².